The summed E-state index contributed by atoms with van der Waals surface area (Å²) < 4.78 is 46.5. The second kappa shape index (κ2) is 10.7. The summed E-state index contributed by atoms with van der Waals surface area (Å²) in [5.74, 6) is -1.06. The predicted molar refractivity (Wildman–Crippen MR) is 131 cm³/mol. The molecule has 4 aromatic rings. The topological polar surface area (TPSA) is 99.8 Å². The van der Waals surface area contributed by atoms with Gasteiger partial charge in [-0.15, -0.1) is 9.46 Å². The lowest BCUT2D eigenvalue weighted by Gasteiger charge is -2.12. The van der Waals surface area contributed by atoms with Crippen LogP contribution in [0.15, 0.2) is 88.3 Å². The van der Waals surface area contributed by atoms with E-state index in [0.717, 1.165) is 0 Å². The molecule has 0 aliphatic heterocycles. The van der Waals surface area contributed by atoms with Crippen LogP contribution >= 0.6 is 23.5 Å². The quantitative estimate of drug-likeness (QED) is 0.234. The molecular weight excluding hydrogens is 561 g/mol. The van der Waals surface area contributed by atoms with Crippen LogP contribution in [0.1, 0.15) is 21.5 Å². The van der Waals surface area contributed by atoms with Gasteiger partial charge in [0.05, 0.1) is 29.7 Å². The van der Waals surface area contributed by atoms with Gasteiger partial charge in [-0.3, -0.25) is 13.7 Å². The van der Waals surface area contributed by atoms with Crippen molar-refractivity contribution >= 4 is 29.5 Å². The molecule has 36 heavy (non-hydrogen) atoms. The first kappa shape index (κ1) is 25.7. The number of benzene rings is 3. The molecule has 1 N–H and O–H groups in total. The SMILES string of the molecule is O=C(O)c1ccc(-c2cn(-c3ccccc3)c(=O)n2Cc2ccc(CP(=O)(OF)OF)c(Br)c2)cc1. The molecule has 4 rings (SSSR count). The van der Waals surface area contributed by atoms with E-state index in [-0.39, 0.29) is 23.4 Å². The Balaban J connectivity index is 1.75. The lowest BCUT2D eigenvalue weighted by Crippen LogP contribution is -2.24. The summed E-state index contributed by atoms with van der Waals surface area (Å²) >= 11 is 3.29. The largest absolute Gasteiger partial charge is 0.478 e. The summed E-state index contributed by atoms with van der Waals surface area (Å²) in [5, 5.41) is 9.20. The molecule has 0 spiro atoms. The third kappa shape index (κ3) is 5.39. The molecule has 1 heterocycles. The maximum atomic E-state index is 13.4. The number of nitrogens with zero attached hydrogens (tertiary/aromatic N) is 2. The third-order valence-electron chi connectivity index (χ3n) is 5.47. The molecule has 0 aliphatic carbocycles. The lowest BCUT2D eigenvalue weighted by molar-refractivity contribution is -0.0881. The lowest BCUT2D eigenvalue weighted by atomic mass is 10.1. The van der Waals surface area contributed by atoms with Gasteiger partial charge in [-0.05, 0) is 56.1 Å². The van der Waals surface area contributed by atoms with Crippen molar-refractivity contribution in [2.75, 3.05) is 0 Å². The number of rotatable bonds is 9. The first-order valence-corrected chi connectivity index (χ1v) is 12.9. The van der Waals surface area contributed by atoms with Gasteiger partial charge >= 0.3 is 19.3 Å². The smallest absolute Gasteiger partial charge is 0.399 e. The van der Waals surface area contributed by atoms with Gasteiger partial charge < -0.3 is 5.11 Å². The molecule has 3 aromatic carbocycles. The fourth-order valence-corrected chi connectivity index (χ4v) is 5.28. The molecule has 186 valence electrons. The minimum absolute atomic E-state index is 0.112. The molecular formula is C24H18BrF2N2O6P. The second-order valence-electron chi connectivity index (χ2n) is 7.80. The molecule has 0 bridgehead atoms. The van der Waals surface area contributed by atoms with Gasteiger partial charge in [0.2, 0.25) is 0 Å². The van der Waals surface area contributed by atoms with Gasteiger partial charge in [0, 0.05) is 10.7 Å². The molecule has 0 saturated heterocycles. The van der Waals surface area contributed by atoms with E-state index in [0.29, 0.717) is 27.0 Å². The summed E-state index contributed by atoms with van der Waals surface area (Å²) in [6.45, 7) is 0.116. The van der Waals surface area contributed by atoms with E-state index in [1.54, 1.807) is 54.7 Å². The van der Waals surface area contributed by atoms with E-state index in [9.17, 15) is 28.3 Å². The molecule has 0 radical (unpaired) electrons. The number of carboxylic acid groups (broad SMARTS) is 1. The Labute approximate surface area is 211 Å². The summed E-state index contributed by atoms with van der Waals surface area (Å²) in [6.07, 6.45) is 1.02. The number of para-hydroxylation sites is 1. The van der Waals surface area contributed by atoms with Crippen LogP contribution in [-0.4, -0.2) is 20.2 Å². The van der Waals surface area contributed by atoms with Crippen molar-refractivity contribution in [3.63, 3.8) is 0 Å². The van der Waals surface area contributed by atoms with Crippen LogP contribution in [0.3, 0.4) is 0 Å². The molecule has 0 atom stereocenters. The summed E-state index contributed by atoms with van der Waals surface area (Å²) in [6, 6.07) is 19.9. The first-order chi connectivity index (χ1) is 17.2. The maximum absolute atomic E-state index is 13.4. The average Bonchev–Trinajstić information content (AvgIpc) is 3.22. The van der Waals surface area contributed by atoms with E-state index < -0.39 is 19.7 Å². The van der Waals surface area contributed by atoms with E-state index in [2.05, 4.69) is 25.4 Å². The van der Waals surface area contributed by atoms with Crippen LogP contribution in [0, 0.1) is 0 Å². The molecule has 0 aliphatic rings. The number of carbonyl (C=O) groups is 1. The molecule has 0 unspecified atom stereocenters. The van der Waals surface area contributed by atoms with Crippen LogP contribution in [-0.2, 0) is 26.7 Å². The molecule has 8 nitrogen and oxygen atoms in total. The highest BCUT2D eigenvalue weighted by molar-refractivity contribution is 9.10. The van der Waals surface area contributed by atoms with Crippen molar-refractivity contribution in [2.45, 2.75) is 12.7 Å². The van der Waals surface area contributed by atoms with E-state index in [4.69, 9.17) is 0 Å². The van der Waals surface area contributed by atoms with Gasteiger partial charge in [-0.25, -0.2) is 9.59 Å². The van der Waals surface area contributed by atoms with Gasteiger partial charge in [-0.2, -0.15) is 0 Å². The Kier molecular flexibility index (Phi) is 7.65. The Bertz CT molecular complexity index is 1500. The molecule has 0 saturated carbocycles. The van der Waals surface area contributed by atoms with E-state index in [1.165, 1.54) is 27.3 Å². The average molecular weight is 579 g/mol. The number of aromatic nitrogens is 2. The number of carboxylic acids is 1. The Hall–Kier alpha value is -3.37. The van der Waals surface area contributed by atoms with E-state index >= 15 is 0 Å². The Morgan fingerprint density at radius 1 is 1.00 bits per heavy atom. The highest BCUT2D eigenvalue weighted by Gasteiger charge is 2.29. The Morgan fingerprint density at radius 2 is 1.67 bits per heavy atom. The summed E-state index contributed by atoms with van der Waals surface area (Å²) in [5.41, 5.74) is 2.52. The first-order valence-electron chi connectivity index (χ1n) is 10.4. The normalized spacial score (nSPS) is 11.5. The molecule has 1 aromatic heterocycles. The van der Waals surface area contributed by atoms with Gasteiger partial charge in [0.1, 0.15) is 0 Å². The molecule has 0 fully saturated rings. The van der Waals surface area contributed by atoms with E-state index in [1.807, 2.05) is 6.07 Å². The van der Waals surface area contributed by atoms with Crippen molar-refractivity contribution < 1.29 is 33.0 Å². The van der Waals surface area contributed by atoms with Gasteiger partial charge in [0.25, 0.3) is 0 Å². The zero-order valence-electron chi connectivity index (χ0n) is 18.4. The van der Waals surface area contributed by atoms with Crippen molar-refractivity contribution in [3.8, 4) is 16.9 Å². The Morgan fingerprint density at radius 3 is 2.25 bits per heavy atom. The zero-order chi connectivity index (χ0) is 25.9. The van der Waals surface area contributed by atoms with Crippen LogP contribution in [0.25, 0.3) is 16.9 Å². The number of hydrogen-bond acceptors (Lipinski definition) is 5. The van der Waals surface area contributed by atoms with Crippen LogP contribution < -0.4 is 5.69 Å². The number of imidazole rings is 1. The summed E-state index contributed by atoms with van der Waals surface area (Å²) in [4.78, 5) is 24.7. The minimum Gasteiger partial charge on any atom is -0.478 e. The van der Waals surface area contributed by atoms with Crippen LogP contribution in [0.5, 0.6) is 0 Å². The van der Waals surface area contributed by atoms with Gasteiger partial charge in [0.15, 0.2) is 0 Å². The fraction of sp³-hybridized carbons (Fsp3) is 0.0833. The summed E-state index contributed by atoms with van der Waals surface area (Å²) in [7, 11) is -4.57. The van der Waals surface area contributed by atoms with Crippen molar-refractivity contribution in [3.05, 3.63) is 111 Å². The fourth-order valence-electron chi connectivity index (χ4n) is 3.69. The number of halogens is 3. The third-order valence-corrected chi connectivity index (χ3v) is 7.36. The minimum atomic E-state index is -4.57. The zero-order valence-corrected chi connectivity index (χ0v) is 20.9. The number of aromatic carboxylic acids is 1. The highest BCUT2D eigenvalue weighted by atomic mass is 79.9. The van der Waals surface area contributed by atoms with Crippen molar-refractivity contribution in [1.82, 2.24) is 9.13 Å². The van der Waals surface area contributed by atoms with Crippen molar-refractivity contribution in [1.29, 1.82) is 0 Å². The van der Waals surface area contributed by atoms with Crippen LogP contribution in [0.4, 0.5) is 9.05 Å². The maximum Gasteiger partial charge on any atom is 0.399 e. The standard InChI is InChI=1S/C24H18BrF2N2O6P/c25-21-12-16(6-7-19(21)15-36(33,34-26)35-27)13-29-22(17-8-10-18(11-9-17)23(30)31)14-28(24(29)32)20-4-2-1-3-5-20/h1-12,14H,13,15H2,(H,30,31). The van der Waals surface area contributed by atoms with Gasteiger partial charge in [-0.1, -0.05) is 58.4 Å². The number of hydrogen-bond donors (Lipinski definition) is 1. The molecule has 0 amide bonds. The highest BCUT2D eigenvalue weighted by Crippen LogP contribution is 2.53. The monoisotopic (exact) mass is 578 g/mol. The predicted octanol–water partition coefficient (Wildman–Crippen LogP) is 6.31. The van der Waals surface area contributed by atoms with Crippen LogP contribution in [0.2, 0.25) is 0 Å². The molecule has 12 heteroatoms. The second-order valence-corrected chi connectivity index (χ2v) is 10.5. The van der Waals surface area contributed by atoms with Crippen molar-refractivity contribution in [2.24, 2.45) is 0 Å².